The van der Waals surface area contributed by atoms with Crippen molar-refractivity contribution in [2.45, 2.75) is 57.0 Å². The van der Waals surface area contributed by atoms with Gasteiger partial charge in [0.1, 0.15) is 0 Å². The van der Waals surface area contributed by atoms with Crippen molar-refractivity contribution in [3.63, 3.8) is 0 Å². The van der Waals surface area contributed by atoms with Gasteiger partial charge in [0.05, 0.1) is 0 Å². The summed E-state index contributed by atoms with van der Waals surface area (Å²) in [5.41, 5.74) is 2.82. The van der Waals surface area contributed by atoms with Gasteiger partial charge < -0.3 is 0 Å². The highest BCUT2D eigenvalue weighted by atomic mass is 32.2. The zero-order valence-electron chi connectivity index (χ0n) is 12.8. The van der Waals surface area contributed by atoms with Crippen molar-refractivity contribution in [1.29, 1.82) is 0 Å². The Bertz CT molecular complexity index is 621. The van der Waals surface area contributed by atoms with E-state index in [4.69, 9.17) is 0 Å². The van der Waals surface area contributed by atoms with Crippen LogP contribution in [0.15, 0.2) is 24.3 Å². The van der Waals surface area contributed by atoms with Gasteiger partial charge >= 0.3 is 0 Å². The second kappa shape index (κ2) is 5.62. The molecule has 5 heteroatoms. The average Bonchev–Trinajstić information content (AvgIpc) is 2.69. The fourth-order valence-electron chi connectivity index (χ4n) is 4.30. The lowest BCUT2D eigenvalue weighted by atomic mass is 9.94. The predicted octanol–water partition coefficient (Wildman–Crippen LogP) is 2.16. The lowest BCUT2D eigenvalue weighted by molar-refractivity contribution is 0.361. The largest absolute Gasteiger partial charge is 0.277 e. The minimum Gasteiger partial charge on any atom is -0.199 e. The Morgan fingerprint density at radius 1 is 0.864 bits per heavy atom. The van der Waals surface area contributed by atoms with E-state index in [0.717, 1.165) is 44.9 Å². The molecule has 0 aromatic heterocycles. The molecule has 2 atom stereocenters. The van der Waals surface area contributed by atoms with Crippen molar-refractivity contribution < 1.29 is 8.42 Å². The molecule has 22 heavy (non-hydrogen) atoms. The third-order valence-corrected chi connectivity index (χ3v) is 6.95. The molecule has 1 aromatic rings. The van der Waals surface area contributed by atoms with Crippen molar-refractivity contribution in [1.82, 2.24) is 9.44 Å². The molecule has 2 bridgehead atoms. The highest BCUT2D eigenvalue weighted by Crippen LogP contribution is 2.40. The standard InChI is InChI=1S/C17H24N2O2S/c20-22(21,18-16-6-3-7-16)19-17-14-8-9-15(17)11-13-5-2-1-4-12(13)10-14/h1-2,4-5,14-19H,3,6-11H2. The van der Waals surface area contributed by atoms with Crippen LogP contribution in [0, 0.1) is 11.8 Å². The molecule has 120 valence electrons. The monoisotopic (exact) mass is 320 g/mol. The number of hydrogen-bond donors (Lipinski definition) is 2. The molecule has 0 heterocycles. The number of benzene rings is 1. The van der Waals surface area contributed by atoms with Gasteiger partial charge in [0.2, 0.25) is 0 Å². The Balaban J connectivity index is 1.51. The first-order valence-corrected chi connectivity index (χ1v) is 9.95. The van der Waals surface area contributed by atoms with Gasteiger partial charge in [-0.15, -0.1) is 0 Å². The van der Waals surface area contributed by atoms with E-state index in [1.165, 1.54) is 11.1 Å². The summed E-state index contributed by atoms with van der Waals surface area (Å²) in [6, 6.07) is 8.83. The molecular formula is C17H24N2O2S. The van der Waals surface area contributed by atoms with Gasteiger partial charge in [-0.05, 0) is 61.5 Å². The van der Waals surface area contributed by atoms with Crippen LogP contribution in [0.1, 0.15) is 43.2 Å². The van der Waals surface area contributed by atoms with Crippen LogP contribution >= 0.6 is 0 Å². The molecule has 0 saturated heterocycles. The molecule has 1 aromatic carbocycles. The van der Waals surface area contributed by atoms with Crippen LogP contribution in [0.5, 0.6) is 0 Å². The van der Waals surface area contributed by atoms with Crippen LogP contribution in [-0.4, -0.2) is 20.5 Å². The van der Waals surface area contributed by atoms with Gasteiger partial charge in [-0.3, -0.25) is 0 Å². The van der Waals surface area contributed by atoms with Crippen LogP contribution in [0.4, 0.5) is 0 Å². The van der Waals surface area contributed by atoms with Crippen LogP contribution in [0.2, 0.25) is 0 Å². The fourth-order valence-corrected chi connectivity index (χ4v) is 5.79. The summed E-state index contributed by atoms with van der Waals surface area (Å²) >= 11 is 0. The van der Waals surface area contributed by atoms with Crippen LogP contribution < -0.4 is 9.44 Å². The lowest BCUT2D eigenvalue weighted by Crippen LogP contribution is -2.51. The third-order valence-electron chi connectivity index (χ3n) is 5.72. The van der Waals surface area contributed by atoms with Gasteiger partial charge in [-0.2, -0.15) is 17.9 Å². The van der Waals surface area contributed by atoms with E-state index < -0.39 is 10.2 Å². The molecule has 3 aliphatic carbocycles. The molecular weight excluding hydrogens is 296 g/mol. The normalized spacial score (nSPS) is 31.4. The highest BCUT2D eigenvalue weighted by molar-refractivity contribution is 7.87. The smallest absolute Gasteiger partial charge is 0.199 e. The minimum atomic E-state index is -3.37. The molecule has 0 radical (unpaired) electrons. The summed E-state index contributed by atoms with van der Waals surface area (Å²) in [5.74, 6) is 0.873. The van der Waals surface area contributed by atoms with E-state index in [2.05, 4.69) is 33.7 Å². The Morgan fingerprint density at radius 2 is 1.45 bits per heavy atom. The van der Waals surface area contributed by atoms with E-state index in [1.54, 1.807) is 0 Å². The number of nitrogens with one attached hydrogen (secondary N) is 2. The van der Waals surface area contributed by atoms with Gasteiger partial charge in [0.15, 0.2) is 0 Å². The first kappa shape index (κ1) is 14.7. The quantitative estimate of drug-likeness (QED) is 0.893. The average molecular weight is 320 g/mol. The molecule has 3 aliphatic rings. The zero-order valence-corrected chi connectivity index (χ0v) is 13.6. The van der Waals surface area contributed by atoms with Crippen LogP contribution in [0.25, 0.3) is 0 Å². The fraction of sp³-hybridized carbons (Fsp3) is 0.647. The van der Waals surface area contributed by atoms with Crippen molar-refractivity contribution in [2.24, 2.45) is 11.8 Å². The molecule has 2 saturated carbocycles. The first-order chi connectivity index (χ1) is 10.6. The zero-order chi connectivity index (χ0) is 15.2. The maximum absolute atomic E-state index is 12.4. The van der Waals surface area contributed by atoms with Gasteiger partial charge in [-0.1, -0.05) is 30.7 Å². The summed E-state index contributed by atoms with van der Waals surface area (Å²) in [7, 11) is -3.37. The van der Waals surface area contributed by atoms with Crippen LogP contribution in [-0.2, 0) is 23.1 Å². The second-order valence-corrected chi connectivity index (χ2v) is 8.65. The molecule has 2 unspecified atom stereocenters. The van der Waals surface area contributed by atoms with Gasteiger partial charge in [0.25, 0.3) is 10.2 Å². The van der Waals surface area contributed by atoms with E-state index >= 15 is 0 Å². The van der Waals surface area contributed by atoms with Gasteiger partial charge in [-0.25, -0.2) is 0 Å². The van der Waals surface area contributed by atoms with E-state index in [1.807, 2.05) is 0 Å². The summed E-state index contributed by atoms with van der Waals surface area (Å²) < 4.78 is 30.6. The lowest BCUT2D eigenvalue weighted by Gasteiger charge is -2.29. The minimum absolute atomic E-state index is 0.0879. The predicted molar refractivity (Wildman–Crippen MR) is 86.7 cm³/mol. The summed E-state index contributed by atoms with van der Waals surface area (Å²) in [6.45, 7) is 0. The number of hydrogen-bond acceptors (Lipinski definition) is 2. The maximum Gasteiger partial charge on any atom is 0.277 e. The molecule has 0 spiro atoms. The Hall–Kier alpha value is -0.910. The van der Waals surface area contributed by atoms with Gasteiger partial charge in [0, 0.05) is 12.1 Å². The number of rotatable bonds is 4. The summed E-state index contributed by atoms with van der Waals surface area (Å²) in [4.78, 5) is 0. The van der Waals surface area contributed by atoms with E-state index in [0.29, 0.717) is 11.8 Å². The SMILES string of the molecule is O=S(=O)(NC1CCC1)NC1C2CCC1Cc1ccccc1C2. The van der Waals surface area contributed by atoms with Crippen molar-refractivity contribution in [2.75, 3.05) is 0 Å². The molecule has 4 nitrogen and oxygen atoms in total. The first-order valence-electron chi connectivity index (χ1n) is 8.47. The van der Waals surface area contributed by atoms with Crippen molar-refractivity contribution >= 4 is 10.2 Å². The van der Waals surface area contributed by atoms with E-state index in [-0.39, 0.29) is 12.1 Å². The Labute approximate surface area is 132 Å². The summed E-state index contributed by atoms with van der Waals surface area (Å²) in [5, 5.41) is 0. The molecule has 0 amide bonds. The molecule has 2 fully saturated rings. The van der Waals surface area contributed by atoms with Crippen molar-refractivity contribution in [3.05, 3.63) is 35.4 Å². The maximum atomic E-state index is 12.4. The molecule has 0 aliphatic heterocycles. The second-order valence-electron chi connectivity index (χ2n) is 7.17. The third kappa shape index (κ3) is 2.82. The summed E-state index contributed by atoms with van der Waals surface area (Å²) in [6.07, 6.45) is 7.36. The van der Waals surface area contributed by atoms with Crippen LogP contribution in [0.3, 0.4) is 0 Å². The molecule has 4 rings (SSSR count). The number of fused-ring (bicyclic) bond motifs is 3. The van der Waals surface area contributed by atoms with E-state index in [9.17, 15) is 8.42 Å². The highest BCUT2D eigenvalue weighted by Gasteiger charge is 2.41. The van der Waals surface area contributed by atoms with Crippen molar-refractivity contribution in [3.8, 4) is 0 Å². The Kier molecular flexibility index (Phi) is 3.75. The molecule has 2 N–H and O–H groups in total. The Morgan fingerprint density at radius 3 is 1.95 bits per heavy atom. The topological polar surface area (TPSA) is 58.2 Å².